The van der Waals surface area contributed by atoms with Crippen molar-refractivity contribution in [1.29, 1.82) is 0 Å². The molecule has 0 saturated heterocycles. The predicted molar refractivity (Wildman–Crippen MR) is 72.3 cm³/mol. The van der Waals surface area contributed by atoms with Gasteiger partial charge in [0.05, 0.1) is 0 Å². The first kappa shape index (κ1) is 12.8. The van der Waals surface area contributed by atoms with Crippen molar-refractivity contribution in [1.82, 2.24) is 0 Å². The van der Waals surface area contributed by atoms with E-state index >= 15 is 0 Å². The average molecular weight is 292 g/mol. The molecule has 0 aliphatic carbocycles. The van der Waals surface area contributed by atoms with Crippen LogP contribution in [0, 0.1) is 0 Å². The number of hydrogen-bond donors (Lipinski definition) is 0. The second kappa shape index (κ2) is 5.05. The Bertz CT molecular complexity index is 710. The molecule has 0 bridgehead atoms. The Balaban J connectivity index is 1.76. The standard InChI is InChI=1S/C14H12O5S/c15-20(16,9-11-4-2-1-3-5-11)19-12-6-7-13-14(8-12)18-10-17-13/h1-8H,9-10H2. The van der Waals surface area contributed by atoms with E-state index in [1.54, 1.807) is 30.3 Å². The maximum absolute atomic E-state index is 12.0. The smallest absolute Gasteiger partial charge is 0.313 e. The largest absolute Gasteiger partial charge is 0.454 e. The van der Waals surface area contributed by atoms with E-state index in [0.29, 0.717) is 17.1 Å². The molecule has 0 spiro atoms. The van der Waals surface area contributed by atoms with Gasteiger partial charge in [0.1, 0.15) is 11.5 Å². The van der Waals surface area contributed by atoms with Crippen molar-refractivity contribution in [3.8, 4) is 17.2 Å². The summed E-state index contributed by atoms with van der Waals surface area (Å²) >= 11 is 0. The molecule has 0 fully saturated rings. The van der Waals surface area contributed by atoms with Gasteiger partial charge in [0.15, 0.2) is 11.5 Å². The van der Waals surface area contributed by atoms with E-state index in [2.05, 4.69) is 0 Å². The molecule has 0 amide bonds. The van der Waals surface area contributed by atoms with E-state index in [9.17, 15) is 8.42 Å². The van der Waals surface area contributed by atoms with Gasteiger partial charge in [0.2, 0.25) is 6.79 Å². The quantitative estimate of drug-likeness (QED) is 0.809. The van der Waals surface area contributed by atoms with Crippen molar-refractivity contribution in [2.75, 3.05) is 6.79 Å². The van der Waals surface area contributed by atoms with Gasteiger partial charge < -0.3 is 13.7 Å². The maximum Gasteiger partial charge on any atom is 0.313 e. The fourth-order valence-corrected chi connectivity index (χ4v) is 2.94. The number of hydrogen-bond acceptors (Lipinski definition) is 5. The van der Waals surface area contributed by atoms with Gasteiger partial charge in [-0.15, -0.1) is 0 Å². The van der Waals surface area contributed by atoms with Crippen molar-refractivity contribution in [2.45, 2.75) is 5.75 Å². The van der Waals surface area contributed by atoms with Gasteiger partial charge in [-0.3, -0.25) is 0 Å². The lowest BCUT2D eigenvalue weighted by Crippen LogP contribution is -2.12. The van der Waals surface area contributed by atoms with E-state index in [-0.39, 0.29) is 18.3 Å². The molecule has 1 heterocycles. The molecule has 104 valence electrons. The van der Waals surface area contributed by atoms with Crippen molar-refractivity contribution in [3.05, 3.63) is 54.1 Å². The van der Waals surface area contributed by atoms with Crippen LogP contribution in [-0.2, 0) is 15.9 Å². The summed E-state index contributed by atoms with van der Waals surface area (Å²) in [6, 6.07) is 13.5. The average Bonchev–Trinajstić information content (AvgIpc) is 2.86. The lowest BCUT2D eigenvalue weighted by molar-refractivity contribution is 0.174. The van der Waals surface area contributed by atoms with Crippen LogP contribution >= 0.6 is 0 Å². The van der Waals surface area contributed by atoms with Crippen LogP contribution in [0.5, 0.6) is 17.2 Å². The number of ether oxygens (including phenoxy) is 2. The zero-order valence-electron chi connectivity index (χ0n) is 10.5. The molecule has 5 nitrogen and oxygen atoms in total. The molecule has 0 unspecified atom stereocenters. The summed E-state index contributed by atoms with van der Waals surface area (Å²) in [5.41, 5.74) is 0.674. The minimum atomic E-state index is -3.70. The van der Waals surface area contributed by atoms with Crippen molar-refractivity contribution in [2.24, 2.45) is 0 Å². The predicted octanol–water partition coefficient (Wildman–Crippen LogP) is 2.32. The highest BCUT2D eigenvalue weighted by Crippen LogP contribution is 2.35. The summed E-state index contributed by atoms with van der Waals surface area (Å²) in [7, 11) is -3.70. The second-order valence-corrected chi connectivity index (χ2v) is 5.86. The molecule has 0 saturated carbocycles. The lowest BCUT2D eigenvalue weighted by atomic mass is 10.2. The van der Waals surface area contributed by atoms with E-state index < -0.39 is 10.1 Å². The first-order valence-electron chi connectivity index (χ1n) is 5.98. The van der Waals surface area contributed by atoms with Gasteiger partial charge in [0.25, 0.3) is 0 Å². The summed E-state index contributed by atoms with van der Waals surface area (Å²) in [4.78, 5) is 0. The van der Waals surface area contributed by atoms with Gasteiger partial charge in [-0.1, -0.05) is 30.3 Å². The highest BCUT2D eigenvalue weighted by Gasteiger charge is 2.18. The van der Waals surface area contributed by atoms with Crippen molar-refractivity contribution < 1.29 is 22.1 Å². The molecule has 2 aromatic rings. The van der Waals surface area contributed by atoms with Crippen LogP contribution < -0.4 is 13.7 Å². The summed E-state index contributed by atoms with van der Waals surface area (Å²) in [6.45, 7) is 0.134. The van der Waals surface area contributed by atoms with Gasteiger partial charge in [-0.05, 0) is 17.7 Å². The zero-order valence-corrected chi connectivity index (χ0v) is 11.3. The molecule has 0 N–H and O–H groups in total. The molecule has 2 aromatic carbocycles. The maximum atomic E-state index is 12.0. The molecule has 0 radical (unpaired) electrons. The van der Waals surface area contributed by atoms with E-state index in [4.69, 9.17) is 13.7 Å². The SMILES string of the molecule is O=S(=O)(Cc1ccccc1)Oc1ccc2c(c1)OCO2. The van der Waals surface area contributed by atoms with Gasteiger partial charge in [-0.25, -0.2) is 0 Å². The van der Waals surface area contributed by atoms with Crippen LogP contribution in [0.2, 0.25) is 0 Å². The molecule has 3 rings (SSSR count). The monoisotopic (exact) mass is 292 g/mol. The highest BCUT2D eigenvalue weighted by molar-refractivity contribution is 7.86. The van der Waals surface area contributed by atoms with E-state index in [1.165, 1.54) is 12.1 Å². The molecular weight excluding hydrogens is 280 g/mol. The topological polar surface area (TPSA) is 61.8 Å². The third-order valence-corrected chi connectivity index (χ3v) is 3.89. The number of rotatable bonds is 4. The molecule has 1 aliphatic rings. The van der Waals surface area contributed by atoms with Crippen LogP contribution in [0.4, 0.5) is 0 Å². The van der Waals surface area contributed by atoms with E-state index in [1.807, 2.05) is 6.07 Å². The zero-order chi connectivity index (χ0) is 14.0. The number of fused-ring (bicyclic) bond motifs is 1. The Morgan fingerprint density at radius 1 is 1.00 bits per heavy atom. The molecule has 0 atom stereocenters. The lowest BCUT2D eigenvalue weighted by Gasteiger charge is -2.07. The minimum Gasteiger partial charge on any atom is -0.454 e. The molecule has 6 heteroatoms. The van der Waals surface area contributed by atoms with Crippen molar-refractivity contribution >= 4 is 10.1 Å². The van der Waals surface area contributed by atoms with Gasteiger partial charge in [-0.2, -0.15) is 8.42 Å². The molecule has 0 aromatic heterocycles. The van der Waals surface area contributed by atoms with Crippen LogP contribution in [0.1, 0.15) is 5.56 Å². The van der Waals surface area contributed by atoms with E-state index in [0.717, 1.165) is 0 Å². The third-order valence-electron chi connectivity index (χ3n) is 2.75. The van der Waals surface area contributed by atoms with Gasteiger partial charge in [0, 0.05) is 6.07 Å². The fourth-order valence-electron chi connectivity index (χ4n) is 1.88. The first-order valence-corrected chi connectivity index (χ1v) is 7.56. The molecular formula is C14H12O5S. The van der Waals surface area contributed by atoms with Crippen LogP contribution in [-0.4, -0.2) is 15.2 Å². The summed E-state index contributed by atoms with van der Waals surface area (Å²) in [6.07, 6.45) is 0. The van der Waals surface area contributed by atoms with Crippen LogP contribution in [0.15, 0.2) is 48.5 Å². The summed E-state index contributed by atoms with van der Waals surface area (Å²) in [5, 5.41) is 0. The van der Waals surface area contributed by atoms with Gasteiger partial charge >= 0.3 is 10.1 Å². The van der Waals surface area contributed by atoms with Crippen LogP contribution in [0.25, 0.3) is 0 Å². The summed E-state index contributed by atoms with van der Waals surface area (Å²) < 4.78 is 39.3. The minimum absolute atomic E-state index is 0.134. The van der Waals surface area contributed by atoms with Crippen molar-refractivity contribution in [3.63, 3.8) is 0 Å². The molecule has 20 heavy (non-hydrogen) atoms. The Kier molecular flexibility index (Phi) is 3.23. The first-order chi connectivity index (χ1) is 9.62. The third kappa shape index (κ3) is 2.85. The summed E-state index contributed by atoms with van der Waals surface area (Å²) in [5.74, 6) is 1.10. The Hall–Kier alpha value is -2.21. The Morgan fingerprint density at radius 3 is 2.55 bits per heavy atom. The Labute approximate surface area is 116 Å². The highest BCUT2D eigenvalue weighted by atomic mass is 32.2. The number of benzene rings is 2. The molecule has 1 aliphatic heterocycles. The fraction of sp³-hybridized carbons (Fsp3) is 0.143. The second-order valence-electron chi connectivity index (χ2n) is 4.29. The Morgan fingerprint density at radius 2 is 1.75 bits per heavy atom. The normalized spacial score (nSPS) is 13.2. The van der Waals surface area contributed by atoms with Crippen LogP contribution in [0.3, 0.4) is 0 Å².